The SMILES string of the molecule is Cc1ccc(P(c2ccc(C)cc2)C2CCCCC2)cc1. The number of hydrogen-bond acceptors (Lipinski definition) is 0. The minimum absolute atomic E-state index is 0.194. The van der Waals surface area contributed by atoms with Gasteiger partial charge in [0, 0.05) is 0 Å². The standard InChI is InChI=1S/C20H25P/c1-16-8-12-19(13-9-16)21(18-6-4-3-5-7-18)20-14-10-17(2)11-15-20/h8-15,18H,3-7H2,1-2H3. The Morgan fingerprint density at radius 3 is 1.52 bits per heavy atom. The summed E-state index contributed by atoms with van der Waals surface area (Å²) in [5.74, 6) is 0. The lowest BCUT2D eigenvalue weighted by molar-refractivity contribution is 0.513. The molecule has 0 heterocycles. The van der Waals surface area contributed by atoms with E-state index in [1.807, 2.05) is 0 Å². The third-order valence-corrected chi connectivity index (χ3v) is 7.52. The Morgan fingerprint density at radius 1 is 0.667 bits per heavy atom. The average Bonchev–Trinajstić information content (AvgIpc) is 2.52. The summed E-state index contributed by atoms with van der Waals surface area (Å²) in [5.41, 5.74) is 3.60. The van der Waals surface area contributed by atoms with Crippen LogP contribution in [0, 0.1) is 13.8 Å². The zero-order chi connectivity index (χ0) is 14.7. The quantitative estimate of drug-likeness (QED) is 0.694. The van der Waals surface area contributed by atoms with Gasteiger partial charge in [-0.15, -0.1) is 0 Å². The van der Waals surface area contributed by atoms with Crippen molar-refractivity contribution in [3.05, 3.63) is 59.7 Å². The molecule has 1 heteroatoms. The van der Waals surface area contributed by atoms with Gasteiger partial charge in [-0.1, -0.05) is 78.9 Å². The van der Waals surface area contributed by atoms with Gasteiger partial charge in [-0.2, -0.15) is 0 Å². The van der Waals surface area contributed by atoms with Crippen LogP contribution in [0.5, 0.6) is 0 Å². The molecule has 3 rings (SSSR count). The number of rotatable bonds is 3. The van der Waals surface area contributed by atoms with Crippen molar-refractivity contribution in [1.29, 1.82) is 0 Å². The maximum absolute atomic E-state index is 2.37. The maximum Gasteiger partial charge on any atom is -0.0129 e. The van der Waals surface area contributed by atoms with Gasteiger partial charge in [0.1, 0.15) is 0 Å². The Kier molecular flexibility index (Phi) is 4.76. The van der Waals surface area contributed by atoms with Gasteiger partial charge < -0.3 is 0 Å². The van der Waals surface area contributed by atoms with Gasteiger partial charge in [0.2, 0.25) is 0 Å². The maximum atomic E-state index is 2.37. The lowest BCUT2D eigenvalue weighted by Crippen LogP contribution is -2.23. The molecule has 1 fully saturated rings. The van der Waals surface area contributed by atoms with E-state index in [1.54, 1.807) is 10.6 Å². The molecule has 0 unspecified atom stereocenters. The average molecular weight is 296 g/mol. The predicted molar refractivity (Wildman–Crippen MR) is 95.4 cm³/mol. The van der Waals surface area contributed by atoms with Gasteiger partial charge in [-0.25, -0.2) is 0 Å². The van der Waals surface area contributed by atoms with Gasteiger partial charge in [0.15, 0.2) is 0 Å². The Bertz CT molecular complexity index is 516. The first-order valence-electron chi connectivity index (χ1n) is 8.16. The first-order valence-corrected chi connectivity index (χ1v) is 9.58. The summed E-state index contributed by atoms with van der Waals surface area (Å²) in [6.45, 7) is 4.36. The highest BCUT2D eigenvalue weighted by molar-refractivity contribution is 7.73. The normalized spacial score (nSPS) is 16.3. The van der Waals surface area contributed by atoms with E-state index >= 15 is 0 Å². The molecule has 0 spiro atoms. The van der Waals surface area contributed by atoms with Crippen LogP contribution >= 0.6 is 7.92 Å². The second-order valence-electron chi connectivity index (χ2n) is 6.33. The Balaban J connectivity index is 1.97. The van der Waals surface area contributed by atoms with E-state index in [2.05, 4.69) is 62.4 Å². The molecule has 0 saturated heterocycles. The summed E-state index contributed by atoms with van der Waals surface area (Å²) in [7, 11) is -0.194. The minimum atomic E-state index is -0.194. The molecule has 0 amide bonds. The monoisotopic (exact) mass is 296 g/mol. The third kappa shape index (κ3) is 3.55. The molecule has 110 valence electrons. The van der Waals surface area contributed by atoms with Gasteiger partial charge in [-0.05, 0) is 50.9 Å². The van der Waals surface area contributed by atoms with Crippen LogP contribution in [0.1, 0.15) is 43.2 Å². The molecule has 2 aromatic rings. The summed E-state index contributed by atoms with van der Waals surface area (Å²) in [6.07, 6.45) is 7.09. The van der Waals surface area contributed by atoms with Crippen molar-refractivity contribution in [3.8, 4) is 0 Å². The van der Waals surface area contributed by atoms with E-state index in [0.29, 0.717) is 0 Å². The topological polar surface area (TPSA) is 0 Å². The summed E-state index contributed by atoms with van der Waals surface area (Å²) in [6, 6.07) is 18.6. The number of hydrogen-bond donors (Lipinski definition) is 0. The van der Waals surface area contributed by atoms with Crippen LogP contribution in [-0.4, -0.2) is 5.66 Å². The van der Waals surface area contributed by atoms with Crippen molar-refractivity contribution in [2.75, 3.05) is 0 Å². The molecule has 1 aliphatic carbocycles. The molecule has 0 aromatic heterocycles. The molecule has 2 aromatic carbocycles. The van der Waals surface area contributed by atoms with E-state index in [1.165, 1.54) is 43.2 Å². The summed E-state index contributed by atoms with van der Waals surface area (Å²) < 4.78 is 0. The van der Waals surface area contributed by atoms with E-state index in [0.717, 1.165) is 5.66 Å². The van der Waals surface area contributed by atoms with Gasteiger partial charge in [-0.3, -0.25) is 0 Å². The van der Waals surface area contributed by atoms with Gasteiger partial charge >= 0.3 is 0 Å². The highest BCUT2D eigenvalue weighted by Crippen LogP contribution is 2.46. The molecule has 0 radical (unpaired) electrons. The first kappa shape index (κ1) is 14.8. The van der Waals surface area contributed by atoms with Crippen LogP contribution in [0.25, 0.3) is 0 Å². The van der Waals surface area contributed by atoms with Crippen LogP contribution in [0.15, 0.2) is 48.5 Å². The largest absolute Gasteiger partial charge is 0.0587 e. The fourth-order valence-corrected chi connectivity index (χ4v) is 6.28. The second kappa shape index (κ2) is 6.75. The zero-order valence-electron chi connectivity index (χ0n) is 13.2. The van der Waals surface area contributed by atoms with Crippen LogP contribution in [0.3, 0.4) is 0 Å². The highest BCUT2D eigenvalue weighted by Gasteiger charge is 2.26. The number of benzene rings is 2. The molecule has 1 saturated carbocycles. The Hall–Kier alpha value is -1.13. The van der Waals surface area contributed by atoms with Crippen LogP contribution in [0.2, 0.25) is 0 Å². The van der Waals surface area contributed by atoms with Crippen LogP contribution in [0.4, 0.5) is 0 Å². The Morgan fingerprint density at radius 2 is 1.10 bits per heavy atom. The van der Waals surface area contributed by atoms with Crippen molar-refractivity contribution in [2.24, 2.45) is 0 Å². The Labute approximate surface area is 130 Å². The second-order valence-corrected chi connectivity index (χ2v) is 8.84. The molecular formula is C20H25P. The molecule has 0 aliphatic heterocycles. The lowest BCUT2D eigenvalue weighted by atomic mass is 10.0. The van der Waals surface area contributed by atoms with Crippen molar-refractivity contribution in [3.63, 3.8) is 0 Å². The van der Waals surface area contributed by atoms with Crippen molar-refractivity contribution < 1.29 is 0 Å². The van der Waals surface area contributed by atoms with E-state index in [-0.39, 0.29) is 7.92 Å². The van der Waals surface area contributed by atoms with Gasteiger partial charge in [0.25, 0.3) is 0 Å². The van der Waals surface area contributed by atoms with E-state index in [4.69, 9.17) is 0 Å². The molecule has 0 N–H and O–H groups in total. The molecule has 1 aliphatic rings. The molecule has 0 nitrogen and oxygen atoms in total. The van der Waals surface area contributed by atoms with Crippen molar-refractivity contribution in [1.82, 2.24) is 0 Å². The fraction of sp³-hybridized carbons (Fsp3) is 0.400. The first-order chi connectivity index (χ1) is 10.2. The summed E-state index contributed by atoms with van der Waals surface area (Å²) >= 11 is 0. The van der Waals surface area contributed by atoms with Gasteiger partial charge in [0.05, 0.1) is 0 Å². The highest BCUT2D eigenvalue weighted by atomic mass is 31.1. The van der Waals surface area contributed by atoms with Crippen molar-refractivity contribution >= 4 is 18.5 Å². The van der Waals surface area contributed by atoms with Crippen molar-refractivity contribution in [2.45, 2.75) is 51.6 Å². The molecule has 21 heavy (non-hydrogen) atoms. The lowest BCUT2D eigenvalue weighted by Gasteiger charge is -2.31. The smallest absolute Gasteiger partial charge is 0.0129 e. The summed E-state index contributed by atoms with van der Waals surface area (Å²) in [5, 5.41) is 3.12. The minimum Gasteiger partial charge on any atom is -0.0587 e. The molecular weight excluding hydrogens is 271 g/mol. The fourth-order valence-electron chi connectivity index (χ4n) is 3.32. The van der Waals surface area contributed by atoms with Crippen LogP contribution in [-0.2, 0) is 0 Å². The van der Waals surface area contributed by atoms with E-state index < -0.39 is 0 Å². The zero-order valence-corrected chi connectivity index (χ0v) is 14.1. The third-order valence-electron chi connectivity index (χ3n) is 4.56. The van der Waals surface area contributed by atoms with Crippen LogP contribution < -0.4 is 10.6 Å². The van der Waals surface area contributed by atoms with E-state index in [9.17, 15) is 0 Å². The number of aryl methyl sites for hydroxylation is 2. The summed E-state index contributed by atoms with van der Waals surface area (Å²) in [4.78, 5) is 0. The molecule has 0 bridgehead atoms. The predicted octanol–water partition coefficient (Wildman–Crippen LogP) is 5.07. The molecule has 0 atom stereocenters.